The molecule has 21 heavy (non-hydrogen) atoms. The van der Waals surface area contributed by atoms with E-state index in [1.165, 1.54) is 5.56 Å². The van der Waals surface area contributed by atoms with Gasteiger partial charge in [0.25, 0.3) is 0 Å². The van der Waals surface area contributed by atoms with Gasteiger partial charge in [-0.15, -0.1) is 0 Å². The van der Waals surface area contributed by atoms with Crippen LogP contribution in [0.3, 0.4) is 0 Å². The highest BCUT2D eigenvalue weighted by Crippen LogP contribution is 2.35. The Kier molecular flexibility index (Phi) is 5.17. The van der Waals surface area contributed by atoms with Crippen LogP contribution in [0.5, 0.6) is 11.5 Å². The van der Waals surface area contributed by atoms with E-state index in [0.717, 1.165) is 41.3 Å². The fourth-order valence-electron chi connectivity index (χ4n) is 2.30. The van der Waals surface area contributed by atoms with E-state index < -0.39 is 0 Å². The topological polar surface area (TPSA) is 43.4 Å². The summed E-state index contributed by atoms with van der Waals surface area (Å²) in [6.45, 7) is 5.83. The predicted octanol–water partition coefficient (Wildman–Crippen LogP) is 3.18. The van der Waals surface area contributed by atoms with Gasteiger partial charge in [-0.05, 0) is 48.4 Å². The third-order valence-corrected chi connectivity index (χ3v) is 3.36. The first-order valence-corrected chi connectivity index (χ1v) is 7.07. The lowest BCUT2D eigenvalue weighted by Gasteiger charge is -2.15. The Bertz CT molecular complexity index is 612. The molecule has 4 nitrogen and oxygen atoms in total. The van der Waals surface area contributed by atoms with Crippen molar-refractivity contribution in [2.45, 2.75) is 20.4 Å². The number of ether oxygens (including phenoxy) is 2. The molecule has 1 heterocycles. The fourth-order valence-corrected chi connectivity index (χ4v) is 2.30. The minimum atomic E-state index is 0.731. The summed E-state index contributed by atoms with van der Waals surface area (Å²) in [4.78, 5) is 4.29. The zero-order chi connectivity index (χ0) is 15.2. The molecule has 0 saturated heterocycles. The lowest BCUT2D eigenvalue weighted by atomic mass is 9.99. The van der Waals surface area contributed by atoms with E-state index in [2.05, 4.69) is 23.3 Å². The number of aromatic nitrogens is 1. The molecule has 0 radical (unpaired) electrons. The molecule has 1 aromatic carbocycles. The van der Waals surface area contributed by atoms with E-state index in [-0.39, 0.29) is 0 Å². The first-order valence-electron chi connectivity index (χ1n) is 7.07. The molecule has 112 valence electrons. The smallest absolute Gasteiger partial charge is 0.161 e. The van der Waals surface area contributed by atoms with Crippen molar-refractivity contribution in [1.29, 1.82) is 0 Å². The van der Waals surface area contributed by atoms with Crippen LogP contribution in [0.1, 0.15) is 18.1 Å². The zero-order valence-electron chi connectivity index (χ0n) is 13.1. The first-order chi connectivity index (χ1) is 10.2. The third kappa shape index (κ3) is 3.52. The number of nitrogens with one attached hydrogen (secondary N) is 1. The average molecular weight is 286 g/mol. The van der Waals surface area contributed by atoms with Gasteiger partial charge in [-0.25, -0.2) is 0 Å². The van der Waals surface area contributed by atoms with Crippen molar-refractivity contribution < 1.29 is 9.47 Å². The van der Waals surface area contributed by atoms with Gasteiger partial charge in [-0.2, -0.15) is 0 Å². The number of nitrogens with zero attached hydrogens (tertiary/aromatic N) is 1. The predicted molar refractivity (Wildman–Crippen MR) is 84.9 cm³/mol. The molecular formula is C17H22N2O2. The van der Waals surface area contributed by atoms with Crippen molar-refractivity contribution in [1.82, 2.24) is 10.3 Å². The molecule has 1 aromatic heterocycles. The van der Waals surface area contributed by atoms with Crippen molar-refractivity contribution >= 4 is 0 Å². The SMILES string of the molecule is CCNCc1cc(OC)c(OC)cc1-c1cncc(C)c1. The van der Waals surface area contributed by atoms with Crippen molar-refractivity contribution in [3.05, 3.63) is 41.7 Å². The van der Waals surface area contributed by atoms with Gasteiger partial charge < -0.3 is 14.8 Å². The van der Waals surface area contributed by atoms with E-state index in [9.17, 15) is 0 Å². The number of hydrogen-bond acceptors (Lipinski definition) is 4. The molecule has 2 aromatic rings. The normalized spacial score (nSPS) is 10.5. The lowest BCUT2D eigenvalue weighted by molar-refractivity contribution is 0.354. The van der Waals surface area contributed by atoms with Crippen LogP contribution in [0.4, 0.5) is 0 Å². The Hall–Kier alpha value is -2.07. The van der Waals surface area contributed by atoms with E-state index in [1.54, 1.807) is 14.2 Å². The summed E-state index contributed by atoms with van der Waals surface area (Å²) in [5.41, 5.74) is 4.51. The highest BCUT2D eigenvalue weighted by molar-refractivity contribution is 5.71. The molecule has 0 unspecified atom stereocenters. The molecule has 0 aliphatic rings. The van der Waals surface area contributed by atoms with Crippen LogP contribution in [0.2, 0.25) is 0 Å². The van der Waals surface area contributed by atoms with E-state index >= 15 is 0 Å². The molecule has 0 bridgehead atoms. The Morgan fingerprint density at radius 3 is 2.38 bits per heavy atom. The largest absolute Gasteiger partial charge is 0.493 e. The summed E-state index contributed by atoms with van der Waals surface area (Å²) in [5.74, 6) is 1.48. The monoisotopic (exact) mass is 286 g/mol. The Morgan fingerprint density at radius 1 is 1.05 bits per heavy atom. The number of aryl methyl sites for hydroxylation is 1. The second-order valence-electron chi connectivity index (χ2n) is 4.90. The standard InChI is InChI=1S/C17H22N2O2/c1-5-18-10-14-7-16(20-3)17(21-4)8-15(14)13-6-12(2)9-19-11-13/h6-9,11,18H,5,10H2,1-4H3. The van der Waals surface area contributed by atoms with Gasteiger partial charge in [-0.3, -0.25) is 4.98 Å². The highest BCUT2D eigenvalue weighted by Gasteiger charge is 2.13. The minimum absolute atomic E-state index is 0.731. The van der Waals surface area contributed by atoms with Crippen LogP contribution in [-0.4, -0.2) is 25.7 Å². The molecule has 1 N–H and O–H groups in total. The fraction of sp³-hybridized carbons (Fsp3) is 0.353. The van der Waals surface area contributed by atoms with Crippen LogP contribution in [0, 0.1) is 6.92 Å². The maximum Gasteiger partial charge on any atom is 0.161 e. The quantitative estimate of drug-likeness (QED) is 0.885. The zero-order valence-corrected chi connectivity index (χ0v) is 13.1. The second-order valence-corrected chi connectivity index (χ2v) is 4.90. The number of benzene rings is 1. The van der Waals surface area contributed by atoms with Gasteiger partial charge in [-0.1, -0.05) is 6.92 Å². The van der Waals surface area contributed by atoms with Crippen LogP contribution in [0.25, 0.3) is 11.1 Å². The summed E-state index contributed by atoms with van der Waals surface area (Å²) in [6, 6.07) is 6.17. The minimum Gasteiger partial charge on any atom is -0.493 e. The Labute approximate surface area is 126 Å². The van der Waals surface area contributed by atoms with Gasteiger partial charge >= 0.3 is 0 Å². The highest BCUT2D eigenvalue weighted by atomic mass is 16.5. The molecule has 0 saturated carbocycles. The summed E-state index contributed by atoms with van der Waals surface area (Å²) in [7, 11) is 3.31. The van der Waals surface area contributed by atoms with Crippen molar-refractivity contribution in [2.24, 2.45) is 0 Å². The Balaban J connectivity index is 2.55. The second kappa shape index (κ2) is 7.09. The maximum atomic E-state index is 5.42. The van der Waals surface area contributed by atoms with Gasteiger partial charge in [0.15, 0.2) is 11.5 Å². The van der Waals surface area contributed by atoms with Crippen LogP contribution >= 0.6 is 0 Å². The van der Waals surface area contributed by atoms with Crippen LogP contribution < -0.4 is 14.8 Å². The molecule has 0 aliphatic carbocycles. The molecule has 2 rings (SSSR count). The average Bonchev–Trinajstić information content (AvgIpc) is 2.52. The van der Waals surface area contributed by atoms with E-state index in [4.69, 9.17) is 9.47 Å². The van der Waals surface area contributed by atoms with Crippen LogP contribution in [-0.2, 0) is 6.54 Å². The first kappa shape index (κ1) is 15.3. The van der Waals surface area contributed by atoms with Crippen LogP contribution in [0.15, 0.2) is 30.6 Å². The van der Waals surface area contributed by atoms with Crippen molar-refractivity contribution in [3.63, 3.8) is 0 Å². The molecule has 4 heteroatoms. The van der Waals surface area contributed by atoms with Crippen molar-refractivity contribution in [2.75, 3.05) is 20.8 Å². The summed E-state index contributed by atoms with van der Waals surface area (Å²) < 4.78 is 10.8. The number of hydrogen-bond donors (Lipinski definition) is 1. The van der Waals surface area contributed by atoms with E-state index in [1.807, 2.05) is 31.5 Å². The van der Waals surface area contributed by atoms with Gasteiger partial charge in [0.1, 0.15) is 0 Å². The van der Waals surface area contributed by atoms with E-state index in [0.29, 0.717) is 0 Å². The van der Waals surface area contributed by atoms with Gasteiger partial charge in [0.05, 0.1) is 14.2 Å². The number of rotatable bonds is 6. The number of methoxy groups -OCH3 is 2. The summed E-state index contributed by atoms with van der Waals surface area (Å²) >= 11 is 0. The third-order valence-electron chi connectivity index (χ3n) is 3.36. The summed E-state index contributed by atoms with van der Waals surface area (Å²) in [6.07, 6.45) is 3.73. The maximum absolute atomic E-state index is 5.42. The van der Waals surface area contributed by atoms with Gasteiger partial charge in [0, 0.05) is 24.5 Å². The lowest BCUT2D eigenvalue weighted by Crippen LogP contribution is -2.13. The Morgan fingerprint density at radius 2 is 1.76 bits per heavy atom. The molecule has 0 aliphatic heterocycles. The molecule has 0 amide bonds. The molecule has 0 atom stereocenters. The molecular weight excluding hydrogens is 264 g/mol. The summed E-state index contributed by atoms with van der Waals surface area (Å²) in [5, 5.41) is 3.36. The van der Waals surface area contributed by atoms with Gasteiger partial charge in [0.2, 0.25) is 0 Å². The van der Waals surface area contributed by atoms with Crippen molar-refractivity contribution in [3.8, 4) is 22.6 Å². The molecule has 0 spiro atoms. The number of pyridine rings is 1. The molecule has 0 fully saturated rings.